The van der Waals surface area contributed by atoms with E-state index in [0.29, 0.717) is 5.03 Å². The lowest BCUT2D eigenvalue weighted by Crippen LogP contribution is -1.89. The summed E-state index contributed by atoms with van der Waals surface area (Å²) in [5.74, 6) is 0. The second-order valence-electron chi connectivity index (χ2n) is 1.35. The minimum atomic E-state index is -0.156. The molecule has 3 heteroatoms. The molecule has 0 amide bonds. The van der Waals surface area contributed by atoms with E-state index in [2.05, 4.69) is 4.74 Å². The number of allylic oxidation sites excluding steroid dienone is 1. The number of alkyl halides is 1. The van der Waals surface area contributed by atoms with Gasteiger partial charge >= 0.3 is 0 Å². The predicted octanol–water partition coefficient (Wildman–Crippen LogP) is 2.34. The lowest BCUT2D eigenvalue weighted by Gasteiger charge is -1.97. The maximum absolute atomic E-state index is 5.53. The summed E-state index contributed by atoms with van der Waals surface area (Å²) in [6, 6.07) is 0. The van der Waals surface area contributed by atoms with Crippen molar-refractivity contribution in [1.29, 1.82) is 0 Å². The Kier molecular flexibility index (Phi) is 4.11. The van der Waals surface area contributed by atoms with Gasteiger partial charge < -0.3 is 4.74 Å². The van der Waals surface area contributed by atoms with Gasteiger partial charge in [0, 0.05) is 0 Å². The van der Waals surface area contributed by atoms with Crippen molar-refractivity contribution in [3.8, 4) is 0 Å². The average Bonchev–Trinajstić information content (AvgIpc) is 1.67. The summed E-state index contributed by atoms with van der Waals surface area (Å²) in [5, 5.41) is 0.366. The zero-order valence-electron chi connectivity index (χ0n) is 4.82. The highest BCUT2D eigenvalue weighted by Gasteiger charge is 1.98. The largest absolute Gasteiger partial charge is 0.503 e. The summed E-state index contributed by atoms with van der Waals surface area (Å²) in [4.78, 5) is 0. The van der Waals surface area contributed by atoms with E-state index in [1.54, 1.807) is 6.92 Å². The molecule has 0 aromatic carbocycles. The van der Waals surface area contributed by atoms with Gasteiger partial charge in [0.2, 0.25) is 0 Å². The Hall–Kier alpha value is 0.120. The van der Waals surface area contributed by atoms with Gasteiger partial charge in [0.15, 0.2) is 0 Å². The maximum Gasteiger partial charge on any atom is 0.0984 e. The van der Waals surface area contributed by atoms with Crippen LogP contribution in [0.3, 0.4) is 0 Å². The van der Waals surface area contributed by atoms with Gasteiger partial charge in [-0.2, -0.15) is 0 Å². The standard InChI is InChI=1S/C5H8Cl2O/c1-4(6)5(7)3-8-2/h3-4H,1-2H3. The summed E-state index contributed by atoms with van der Waals surface area (Å²) in [6.07, 6.45) is 1.42. The Labute approximate surface area is 59.2 Å². The van der Waals surface area contributed by atoms with Crippen LogP contribution in [0.25, 0.3) is 0 Å². The van der Waals surface area contributed by atoms with Crippen LogP contribution < -0.4 is 0 Å². The van der Waals surface area contributed by atoms with Gasteiger partial charge in [-0.25, -0.2) is 0 Å². The van der Waals surface area contributed by atoms with Crippen molar-refractivity contribution >= 4 is 23.2 Å². The normalized spacial score (nSPS) is 15.8. The van der Waals surface area contributed by atoms with Crippen LogP contribution in [0.4, 0.5) is 0 Å². The molecule has 0 radical (unpaired) electrons. The minimum absolute atomic E-state index is 0.156. The fourth-order valence-electron chi connectivity index (χ4n) is 0.206. The molecular formula is C5H8Cl2O. The van der Waals surface area contributed by atoms with Crippen molar-refractivity contribution in [1.82, 2.24) is 0 Å². The van der Waals surface area contributed by atoms with Crippen molar-refractivity contribution in [3.63, 3.8) is 0 Å². The van der Waals surface area contributed by atoms with Crippen molar-refractivity contribution in [2.24, 2.45) is 0 Å². The van der Waals surface area contributed by atoms with E-state index >= 15 is 0 Å². The molecule has 1 unspecified atom stereocenters. The molecule has 0 fully saturated rings. The Morgan fingerprint density at radius 1 is 1.75 bits per heavy atom. The molecule has 0 aliphatic heterocycles. The Bertz CT molecular complexity index is 88.4. The molecule has 0 bridgehead atoms. The number of ether oxygens (including phenoxy) is 1. The van der Waals surface area contributed by atoms with E-state index in [1.165, 1.54) is 13.4 Å². The van der Waals surface area contributed by atoms with E-state index in [4.69, 9.17) is 23.2 Å². The number of hydrogen-bond acceptors (Lipinski definition) is 1. The summed E-state index contributed by atoms with van der Waals surface area (Å²) in [5.41, 5.74) is 0. The third kappa shape index (κ3) is 3.16. The van der Waals surface area contributed by atoms with Gasteiger partial charge in [-0.05, 0) is 6.92 Å². The molecule has 0 spiro atoms. The Morgan fingerprint density at radius 3 is 2.38 bits per heavy atom. The molecule has 8 heavy (non-hydrogen) atoms. The SMILES string of the molecule is COC=C(Cl)C(C)Cl. The van der Waals surface area contributed by atoms with Crippen LogP contribution in [0, 0.1) is 0 Å². The zero-order chi connectivity index (χ0) is 6.57. The summed E-state index contributed by atoms with van der Waals surface area (Å²) in [6.45, 7) is 1.78. The molecule has 1 atom stereocenters. The second-order valence-corrected chi connectivity index (χ2v) is 2.45. The van der Waals surface area contributed by atoms with Gasteiger partial charge in [-0.1, -0.05) is 11.6 Å². The fraction of sp³-hybridized carbons (Fsp3) is 0.600. The lowest BCUT2D eigenvalue weighted by atomic mass is 10.5. The Balaban J connectivity index is 3.61. The molecule has 0 aliphatic rings. The van der Waals surface area contributed by atoms with Gasteiger partial charge in [0.05, 0.1) is 23.8 Å². The first-order valence-electron chi connectivity index (χ1n) is 2.21. The van der Waals surface area contributed by atoms with Crippen LogP contribution in [0.15, 0.2) is 11.3 Å². The molecule has 0 aromatic rings. The van der Waals surface area contributed by atoms with Crippen LogP contribution in [0.5, 0.6) is 0 Å². The summed E-state index contributed by atoms with van der Waals surface area (Å²) >= 11 is 11.0. The predicted molar refractivity (Wildman–Crippen MR) is 36.3 cm³/mol. The highest BCUT2D eigenvalue weighted by Crippen LogP contribution is 2.12. The number of methoxy groups -OCH3 is 1. The highest BCUT2D eigenvalue weighted by atomic mass is 35.5. The van der Waals surface area contributed by atoms with Crippen molar-refractivity contribution in [3.05, 3.63) is 11.3 Å². The van der Waals surface area contributed by atoms with Crippen molar-refractivity contribution in [2.75, 3.05) is 7.11 Å². The number of halogens is 2. The summed E-state index contributed by atoms with van der Waals surface area (Å²) < 4.78 is 4.59. The lowest BCUT2D eigenvalue weighted by molar-refractivity contribution is 0.335. The second kappa shape index (κ2) is 4.04. The molecule has 0 saturated heterocycles. The monoisotopic (exact) mass is 154 g/mol. The Morgan fingerprint density at radius 2 is 2.25 bits per heavy atom. The molecule has 1 nitrogen and oxygen atoms in total. The first kappa shape index (κ1) is 8.12. The highest BCUT2D eigenvalue weighted by molar-refractivity contribution is 6.37. The molecule has 48 valence electrons. The fourth-order valence-corrected chi connectivity index (χ4v) is 0.347. The van der Waals surface area contributed by atoms with Crippen LogP contribution in [-0.2, 0) is 4.74 Å². The van der Waals surface area contributed by atoms with Gasteiger partial charge in [0.1, 0.15) is 0 Å². The van der Waals surface area contributed by atoms with Crippen molar-refractivity contribution in [2.45, 2.75) is 12.3 Å². The average molecular weight is 155 g/mol. The third-order valence-corrected chi connectivity index (χ3v) is 1.37. The van der Waals surface area contributed by atoms with Crippen LogP contribution in [0.1, 0.15) is 6.92 Å². The maximum atomic E-state index is 5.53. The molecule has 0 N–H and O–H groups in total. The minimum Gasteiger partial charge on any atom is -0.503 e. The molecular weight excluding hydrogens is 147 g/mol. The van der Waals surface area contributed by atoms with E-state index in [-0.39, 0.29) is 5.38 Å². The van der Waals surface area contributed by atoms with Crippen molar-refractivity contribution < 1.29 is 4.74 Å². The third-order valence-electron chi connectivity index (χ3n) is 0.610. The summed E-state index contributed by atoms with van der Waals surface area (Å²) in [7, 11) is 1.53. The molecule has 0 heterocycles. The number of hydrogen-bond donors (Lipinski definition) is 0. The molecule has 0 saturated carbocycles. The van der Waals surface area contributed by atoms with E-state index in [0.717, 1.165) is 0 Å². The van der Waals surface area contributed by atoms with Crippen LogP contribution in [-0.4, -0.2) is 12.5 Å². The molecule has 0 aromatic heterocycles. The van der Waals surface area contributed by atoms with Gasteiger partial charge in [-0.3, -0.25) is 0 Å². The number of rotatable bonds is 2. The van der Waals surface area contributed by atoms with Crippen LogP contribution in [0.2, 0.25) is 0 Å². The van der Waals surface area contributed by atoms with Crippen LogP contribution >= 0.6 is 23.2 Å². The molecule has 0 rings (SSSR count). The molecule has 0 aliphatic carbocycles. The van der Waals surface area contributed by atoms with E-state index in [1.807, 2.05) is 0 Å². The van der Waals surface area contributed by atoms with E-state index < -0.39 is 0 Å². The topological polar surface area (TPSA) is 9.23 Å². The van der Waals surface area contributed by atoms with Gasteiger partial charge in [-0.15, -0.1) is 11.6 Å². The first-order chi connectivity index (χ1) is 3.68. The quantitative estimate of drug-likeness (QED) is 0.439. The van der Waals surface area contributed by atoms with Gasteiger partial charge in [0.25, 0.3) is 0 Å². The smallest absolute Gasteiger partial charge is 0.0984 e. The van der Waals surface area contributed by atoms with E-state index in [9.17, 15) is 0 Å². The zero-order valence-corrected chi connectivity index (χ0v) is 6.33. The first-order valence-corrected chi connectivity index (χ1v) is 3.02.